The van der Waals surface area contributed by atoms with Gasteiger partial charge in [-0.05, 0) is 31.9 Å². The summed E-state index contributed by atoms with van der Waals surface area (Å²) in [6.07, 6.45) is 1.96. The van der Waals surface area contributed by atoms with Gasteiger partial charge in [-0.1, -0.05) is 0 Å². The van der Waals surface area contributed by atoms with Crippen molar-refractivity contribution in [3.05, 3.63) is 34.4 Å². The molecule has 1 aromatic carbocycles. The van der Waals surface area contributed by atoms with Gasteiger partial charge in [0.1, 0.15) is 5.25 Å². The molecule has 1 aliphatic carbocycles. The Labute approximate surface area is 131 Å². The third-order valence-corrected chi connectivity index (χ3v) is 4.07. The minimum absolute atomic E-state index is 0.00340. The highest BCUT2D eigenvalue weighted by molar-refractivity contribution is 8.00. The maximum absolute atomic E-state index is 11.8. The molecule has 7 nitrogen and oxygen atoms in total. The van der Waals surface area contributed by atoms with E-state index in [1.54, 1.807) is 19.1 Å². The van der Waals surface area contributed by atoms with Crippen LogP contribution in [-0.4, -0.2) is 34.7 Å². The van der Waals surface area contributed by atoms with E-state index in [1.165, 1.54) is 23.9 Å². The molecule has 1 amide bonds. The summed E-state index contributed by atoms with van der Waals surface area (Å²) in [6.45, 7) is 1.38. The second-order valence-corrected chi connectivity index (χ2v) is 6.37. The van der Waals surface area contributed by atoms with Crippen LogP contribution in [0.15, 0.2) is 29.2 Å². The molecule has 22 heavy (non-hydrogen) atoms. The molecule has 1 atom stereocenters. The zero-order valence-corrected chi connectivity index (χ0v) is 12.8. The third-order valence-electron chi connectivity index (χ3n) is 2.98. The van der Waals surface area contributed by atoms with E-state index in [4.69, 9.17) is 4.74 Å². The Morgan fingerprint density at radius 3 is 2.59 bits per heavy atom. The van der Waals surface area contributed by atoms with Crippen molar-refractivity contribution in [3.63, 3.8) is 0 Å². The number of ether oxygens (including phenoxy) is 1. The normalized spacial score (nSPS) is 15.0. The summed E-state index contributed by atoms with van der Waals surface area (Å²) in [5.41, 5.74) is -0.00340. The van der Waals surface area contributed by atoms with Gasteiger partial charge in [-0.2, -0.15) is 0 Å². The van der Waals surface area contributed by atoms with Crippen LogP contribution in [0.3, 0.4) is 0 Å². The number of hydrogen-bond acceptors (Lipinski definition) is 6. The SMILES string of the molecule is C[C@@H](Sc1ccc([N+](=O)[O-])cc1)C(=O)OCC(=O)NC1CC1. The van der Waals surface area contributed by atoms with Crippen molar-refractivity contribution in [3.8, 4) is 0 Å². The molecule has 0 unspecified atom stereocenters. The molecule has 118 valence electrons. The number of rotatable bonds is 7. The Hall–Kier alpha value is -2.09. The Bertz CT molecular complexity index is 571. The monoisotopic (exact) mass is 324 g/mol. The number of nitrogens with zero attached hydrogens (tertiary/aromatic N) is 1. The number of nitro benzene ring substituents is 1. The number of hydrogen-bond donors (Lipinski definition) is 1. The van der Waals surface area contributed by atoms with Crippen molar-refractivity contribution in [2.75, 3.05) is 6.61 Å². The first-order valence-corrected chi connectivity index (χ1v) is 7.71. The number of esters is 1. The number of thioether (sulfide) groups is 1. The summed E-state index contributed by atoms with van der Waals surface area (Å²) >= 11 is 1.22. The van der Waals surface area contributed by atoms with Gasteiger partial charge in [0.25, 0.3) is 11.6 Å². The lowest BCUT2D eigenvalue weighted by atomic mass is 10.3. The van der Waals surface area contributed by atoms with Gasteiger partial charge >= 0.3 is 5.97 Å². The molecule has 1 aliphatic rings. The standard InChI is InChI=1S/C14H16N2O5S/c1-9(14(18)21-8-13(17)15-10-2-3-10)22-12-6-4-11(5-7-12)16(19)20/h4-7,9-10H,2-3,8H2,1H3,(H,15,17)/t9-/m1/s1. The first-order chi connectivity index (χ1) is 10.5. The first-order valence-electron chi connectivity index (χ1n) is 6.83. The highest BCUT2D eigenvalue weighted by atomic mass is 32.2. The fourth-order valence-corrected chi connectivity index (χ4v) is 2.52. The van der Waals surface area contributed by atoms with Gasteiger partial charge in [0.15, 0.2) is 6.61 Å². The topological polar surface area (TPSA) is 98.5 Å². The lowest BCUT2D eigenvalue weighted by molar-refractivity contribution is -0.384. The van der Waals surface area contributed by atoms with Gasteiger partial charge in [0, 0.05) is 23.1 Å². The number of carbonyl (C=O) groups excluding carboxylic acids is 2. The number of amides is 1. The van der Waals surface area contributed by atoms with Crippen LogP contribution in [0.2, 0.25) is 0 Å². The van der Waals surface area contributed by atoms with Crippen LogP contribution >= 0.6 is 11.8 Å². The maximum Gasteiger partial charge on any atom is 0.319 e. The quantitative estimate of drug-likeness (QED) is 0.356. The van der Waals surface area contributed by atoms with Gasteiger partial charge < -0.3 is 10.1 Å². The van der Waals surface area contributed by atoms with Crippen LogP contribution in [0.1, 0.15) is 19.8 Å². The van der Waals surface area contributed by atoms with Gasteiger partial charge in [-0.25, -0.2) is 0 Å². The number of non-ortho nitro benzene ring substituents is 1. The van der Waals surface area contributed by atoms with E-state index in [1.807, 2.05) is 0 Å². The summed E-state index contributed by atoms with van der Waals surface area (Å²) in [6, 6.07) is 6.14. The van der Waals surface area contributed by atoms with Crippen LogP contribution in [0.4, 0.5) is 5.69 Å². The molecule has 0 aliphatic heterocycles. The first kappa shape index (κ1) is 16.3. The van der Waals surface area contributed by atoms with Crippen LogP contribution < -0.4 is 5.32 Å². The summed E-state index contributed by atoms with van der Waals surface area (Å²) in [4.78, 5) is 34.0. The van der Waals surface area contributed by atoms with Crippen molar-refractivity contribution >= 4 is 29.3 Å². The van der Waals surface area contributed by atoms with Gasteiger partial charge in [0.2, 0.25) is 0 Å². The zero-order chi connectivity index (χ0) is 16.1. The van der Waals surface area contributed by atoms with E-state index in [2.05, 4.69) is 5.32 Å². The number of benzene rings is 1. The van der Waals surface area contributed by atoms with Gasteiger partial charge in [-0.3, -0.25) is 19.7 Å². The van der Waals surface area contributed by atoms with Crippen molar-refractivity contribution in [1.29, 1.82) is 0 Å². The molecule has 0 heterocycles. The fourth-order valence-electron chi connectivity index (χ4n) is 1.65. The third kappa shape index (κ3) is 5.03. The lowest BCUT2D eigenvalue weighted by Crippen LogP contribution is -2.31. The lowest BCUT2D eigenvalue weighted by Gasteiger charge is -2.11. The highest BCUT2D eigenvalue weighted by Gasteiger charge is 2.24. The van der Waals surface area contributed by atoms with E-state index in [0.29, 0.717) is 0 Å². The molecule has 1 fully saturated rings. The van der Waals surface area contributed by atoms with Crippen LogP contribution in [0.25, 0.3) is 0 Å². The van der Waals surface area contributed by atoms with Crippen molar-refractivity contribution in [2.24, 2.45) is 0 Å². The summed E-state index contributed by atoms with van der Waals surface area (Å²) < 4.78 is 4.95. The predicted molar refractivity (Wildman–Crippen MR) is 80.5 cm³/mol. The van der Waals surface area contributed by atoms with E-state index in [-0.39, 0.29) is 24.2 Å². The van der Waals surface area contributed by atoms with Crippen LogP contribution in [0, 0.1) is 10.1 Å². The van der Waals surface area contributed by atoms with Crippen LogP contribution in [-0.2, 0) is 14.3 Å². The van der Waals surface area contributed by atoms with Gasteiger partial charge in [0.05, 0.1) is 4.92 Å². The summed E-state index contributed by atoms with van der Waals surface area (Å²) in [5, 5.41) is 12.8. The Kier molecular flexibility index (Phi) is 5.37. The van der Waals surface area contributed by atoms with E-state index in [9.17, 15) is 19.7 Å². The number of nitro groups is 1. The summed E-state index contributed by atoms with van der Waals surface area (Å²) in [7, 11) is 0. The Morgan fingerprint density at radius 1 is 1.41 bits per heavy atom. The largest absolute Gasteiger partial charge is 0.455 e. The minimum Gasteiger partial charge on any atom is -0.455 e. The molecule has 0 aromatic heterocycles. The van der Waals surface area contributed by atoms with E-state index in [0.717, 1.165) is 17.7 Å². The fraction of sp³-hybridized carbons (Fsp3) is 0.429. The molecule has 0 saturated heterocycles. The van der Waals surface area contributed by atoms with E-state index < -0.39 is 16.1 Å². The molecule has 0 bridgehead atoms. The molecule has 1 N–H and O–H groups in total. The van der Waals surface area contributed by atoms with Crippen molar-refractivity contribution in [2.45, 2.75) is 36.0 Å². The molecule has 0 radical (unpaired) electrons. The molecule has 0 spiro atoms. The molecule has 1 saturated carbocycles. The average Bonchev–Trinajstić information content (AvgIpc) is 3.29. The zero-order valence-electron chi connectivity index (χ0n) is 12.0. The highest BCUT2D eigenvalue weighted by Crippen LogP contribution is 2.26. The van der Waals surface area contributed by atoms with Crippen molar-refractivity contribution < 1.29 is 19.2 Å². The number of carbonyl (C=O) groups is 2. The van der Waals surface area contributed by atoms with E-state index >= 15 is 0 Å². The molecular weight excluding hydrogens is 308 g/mol. The molecule has 8 heteroatoms. The summed E-state index contributed by atoms with van der Waals surface area (Å²) in [5.74, 6) is -0.780. The van der Waals surface area contributed by atoms with Crippen LogP contribution in [0.5, 0.6) is 0 Å². The number of nitrogens with one attached hydrogen (secondary N) is 1. The average molecular weight is 324 g/mol. The van der Waals surface area contributed by atoms with Gasteiger partial charge in [-0.15, -0.1) is 11.8 Å². The second-order valence-electron chi connectivity index (χ2n) is 4.96. The second kappa shape index (κ2) is 7.26. The molecular formula is C14H16N2O5S. The maximum atomic E-state index is 11.8. The Balaban J connectivity index is 1.77. The minimum atomic E-state index is -0.504. The smallest absolute Gasteiger partial charge is 0.319 e. The predicted octanol–water partition coefficient (Wildman–Crippen LogP) is 1.90. The molecule has 2 rings (SSSR count). The molecule has 1 aromatic rings. The van der Waals surface area contributed by atoms with Crippen molar-refractivity contribution in [1.82, 2.24) is 5.32 Å². The Morgan fingerprint density at radius 2 is 2.05 bits per heavy atom.